The third kappa shape index (κ3) is 3.33. The van der Waals surface area contributed by atoms with Crippen LogP contribution in [-0.2, 0) is 19.9 Å². The second kappa shape index (κ2) is 9.10. The molecule has 0 saturated carbocycles. The van der Waals surface area contributed by atoms with Gasteiger partial charge in [0.25, 0.3) is 0 Å². The second-order valence-electron chi connectivity index (χ2n) is 11.7. The van der Waals surface area contributed by atoms with E-state index in [0.717, 1.165) is 0 Å². The fraction of sp³-hybridized carbons (Fsp3) is 0.105. The van der Waals surface area contributed by atoms with Crippen LogP contribution in [0.3, 0.4) is 0 Å². The average molecular weight is 607 g/mol. The molecule has 0 aliphatic heterocycles. The monoisotopic (exact) mass is 605 g/mol. The molecule has 2 heteroatoms. The van der Waals surface area contributed by atoms with E-state index in [-0.39, 0.29) is 0 Å². The van der Waals surface area contributed by atoms with Gasteiger partial charge >= 0.3 is 245 Å². The predicted molar refractivity (Wildman–Crippen MR) is 177 cm³/mol. The van der Waals surface area contributed by atoms with Crippen LogP contribution in [0, 0.1) is 0 Å². The Morgan fingerprint density at radius 3 is 1.07 bits per heavy atom. The van der Waals surface area contributed by atoms with E-state index in [1.807, 2.05) is 0 Å². The van der Waals surface area contributed by atoms with Crippen molar-refractivity contribution in [2.75, 3.05) is 0 Å². The molecule has 0 heterocycles. The fourth-order valence-electron chi connectivity index (χ4n) is 7.54. The van der Waals surface area contributed by atoms with Gasteiger partial charge in [-0.05, 0) is 0 Å². The molecule has 2 aliphatic carbocycles. The number of fused-ring (bicyclic) bond motifs is 12. The van der Waals surface area contributed by atoms with E-state index in [0.29, 0.717) is 0 Å². The summed E-state index contributed by atoms with van der Waals surface area (Å²) in [7, 11) is 0. The van der Waals surface area contributed by atoms with E-state index >= 15 is 0 Å². The second-order valence-corrected chi connectivity index (χ2v) is 30.5. The quantitative estimate of drug-likeness (QED) is 0.129. The summed E-state index contributed by atoms with van der Waals surface area (Å²) < 4.78 is 3.52. The molecule has 0 atom stereocenters. The maximum absolute atomic E-state index is 2.64. The van der Waals surface area contributed by atoms with Crippen molar-refractivity contribution >= 4 is 67.6 Å². The first-order chi connectivity index (χ1) is 19.5. The van der Waals surface area contributed by atoms with E-state index in [9.17, 15) is 0 Å². The Morgan fingerprint density at radius 2 is 0.725 bits per heavy atom. The Bertz CT molecular complexity index is 2100. The van der Waals surface area contributed by atoms with Crippen molar-refractivity contribution in [3.8, 4) is 0 Å². The first-order valence-electron chi connectivity index (χ1n) is 14.4. The van der Waals surface area contributed by atoms with Gasteiger partial charge in [0.2, 0.25) is 0 Å². The zero-order valence-electron chi connectivity index (χ0n) is 23.5. The first kappa shape index (κ1) is 24.5. The minimum atomic E-state index is -2.36. The van der Waals surface area contributed by atoms with E-state index in [2.05, 4.69) is 136 Å². The summed E-state index contributed by atoms with van der Waals surface area (Å²) in [4.78, 5) is 0. The number of hydrogen-bond donors (Lipinski definition) is 0. The van der Waals surface area contributed by atoms with Gasteiger partial charge in [0.1, 0.15) is 0 Å². The Balaban J connectivity index is 1.62. The summed E-state index contributed by atoms with van der Waals surface area (Å²) in [6.45, 7) is 10.1. The van der Waals surface area contributed by atoms with Crippen molar-refractivity contribution < 1.29 is 19.9 Å². The van der Waals surface area contributed by atoms with Gasteiger partial charge in [-0.2, -0.15) is 0 Å². The molecule has 0 unspecified atom stereocenters. The van der Waals surface area contributed by atoms with Crippen LogP contribution in [-0.4, -0.2) is 12.3 Å². The van der Waals surface area contributed by atoms with E-state index < -0.39 is 25.9 Å². The van der Waals surface area contributed by atoms with Gasteiger partial charge in [-0.25, -0.2) is 0 Å². The van der Waals surface area contributed by atoms with Crippen LogP contribution in [0.2, 0.25) is 13.1 Å². The molecule has 2 aliphatic rings. The number of rotatable bonds is 1. The summed E-state index contributed by atoms with van der Waals surface area (Å²) in [6.07, 6.45) is 5.06. The summed E-state index contributed by atoms with van der Waals surface area (Å²) in [6, 6.07) is 36.4. The van der Waals surface area contributed by atoms with Crippen molar-refractivity contribution in [2.24, 2.45) is 0 Å². The van der Waals surface area contributed by atoms with Gasteiger partial charge in [0, 0.05) is 0 Å². The van der Waals surface area contributed by atoms with Gasteiger partial charge in [-0.3, -0.25) is 0 Å². The van der Waals surface area contributed by atoms with Crippen molar-refractivity contribution in [3.05, 3.63) is 130 Å². The van der Waals surface area contributed by atoms with Crippen LogP contribution < -0.4 is 0 Å². The van der Waals surface area contributed by atoms with Crippen LogP contribution in [0.4, 0.5) is 0 Å². The molecule has 6 aromatic rings. The van der Waals surface area contributed by atoms with E-state index in [1.54, 1.807) is 17.5 Å². The Kier molecular flexibility index (Phi) is 5.57. The molecule has 0 aromatic heterocycles. The van der Waals surface area contributed by atoms with Crippen molar-refractivity contribution in [1.82, 2.24) is 0 Å². The summed E-state index contributed by atoms with van der Waals surface area (Å²) in [5.74, 6) is -1.03. The third-order valence-electron chi connectivity index (χ3n) is 9.07. The maximum atomic E-state index is 2.64. The molecule has 0 N–H and O–H groups in total. The van der Waals surface area contributed by atoms with Gasteiger partial charge in [-0.1, -0.05) is 0 Å². The Hall–Kier alpha value is -3.32. The molecule has 0 bridgehead atoms. The molecular weight excluding hydrogens is 576 g/mol. The van der Waals surface area contributed by atoms with Crippen LogP contribution in [0.15, 0.2) is 108 Å². The zero-order chi connectivity index (χ0) is 27.1. The normalized spacial score (nSPS) is 16.7. The number of hydrogen-bond acceptors (Lipinski definition) is 0. The molecule has 40 heavy (non-hydrogen) atoms. The number of benzene rings is 6. The standard InChI is InChI=1S/2C18H12.C2H7Si.Zr/c2*1-12-10-17-15-8-4-2-6-13(15)14-7-3-5-9-16(14)18(17)11-12;1-3-2;/h2*2-10H,1H3;3H,1-2H3;. The Labute approximate surface area is 243 Å². The van der Waals surface area contributed by atoms with E-state index in [1.165, 1.54) is 65.4 Å². The first-order valence-corrected chi connectivity index (χ1v) is 24.0. The van der Waals surface area contributed by atoms with Crippen molar-refractivity contribution in [3.63, 3.8) is 0 Å². The zero-order valence-corrected chi connectivity index (χ0v) is 27.1. The molecule has 0 amide bonds. The molecular formula is C38H31SiZr. The van der Waals surface area contributed by atoms with E-state index in [4.69, 9.17) is 0 Å². The van der Waals surface area contributed by atoms with Crippen LogP contribution >= 0.6 is 0 Å². The molecule has 0 saturated heterocycles. The summed E-state index contributed by atoms with van der Waals surface area (Å²) in [5, 5.41) is 11.2. The molecule has 6 aromatic carbocycles. The van der Waals surface area contributed by atoms with Gasteiger partial charge in [0.15, 0.2) is 0 Å². The van der Waals surface area contributed by atoms with Crippen molar-refractivity contribution in [2.45, 2.75) is 26.9 Å². The molecule has 0 radical (unpaired) electrons. The SMILES string of the molecule is CC1=Cc2c(c3ccccc3c3ccccc23)/[C]1=[Zr](=[C]1/C(C)=Cc2c1c1ccccc1c1ccccc21)\[SiH](C)C. The average Bonchev–Trinajstić information content (AvgIpc) is 3.51. The number of allylic oxidation sites excluding steroid dienone is 2. The van der Waals surface area contributed by atoms with Crippen LogP contribution in [0.1, 0.15) is 36.1 Å². The summed E-state index contributed by atoms with van der Waals surface area (Å²) >= 11 is -2.36. The topological polar surface area (TPSA) is 0 Å². The molecule has 8 rings (SSSR count). The van der Waals surface area contributed by atoms with Crippen molar-refractivity contribution in [1.29, 1.82) is 0 Å². The van der Waals surface area contributed by atoms with Crippen LogP contribution in [0.25, 0.3) is 55.2 Å². The predicted octanol–water partition coefficient (Wildman–Crippen LogP) is 9.48. The molecule has 0 nitrogen and oxygen atoms in total. The Morgan fingerprint density at radius 1 is 0.425 bits per heavy atom. The van der Waals surface area contributed by atoms with Gasteiger partial charge < -0.3 is 0 Å². The molecule has 191 valence electrons. The fourth-order valence-corrected chi connectivity index (χ4v) is 27.3. The minimum absolute atomic E-state index is 1.03. The molecule has 0 fully saturated rings. The third-order valence-corrected chi connectivity index (χ3v) is 28.0. The van der Waals surface area contributed by atoms with Crippen LogP contribution in [0.5, 0.6) is 0 Å². The molecule has 0 spiro atoms. The summed E-state index contributed by atoms with van der Waals surface area (Å²) in [5.41, 5.74) is 9.07. The van der Waals surface area contributed by atoms with Gasteiger partial charge in [-0.15, -0.1) is 0 Å². The van der Waals surface area contributed by atoms with Gasteiger partial charge in [0.05, 0.1) is 0 Å².